The highest BCUT2D eigenvalue weighted by atomic mass is 32.2. The van der Waals surface area contributed by atoms with Gasteiger partial charge in [-0.3, -0.25) is 9.69 Å². The lowest BCUT2D eigenvalue weighted by Gasteiger charge is -2.29. The van der Waals surface area contributed by atoms with Gasteiger partial charge < -0.3 is 5.11 Å². The lowest BCUT2D eigenvalue weighted by Crippen LogP contribution is -2.35. The van der Waals surface area contributed by atoms with Gasteiger partial charge in [0.2, 0.25) is 0 Å². The van der Waals surface area contributed by atoms with Gasteiger partial charge in [0.15, 0.2) is 9.84 Å². The van der Waals surface area contributed by atoms with Crippen LogP contribution < -0.4 is 0 Å². The Hall–Kier alpha value is -1.40. The summed E-state index contributed by atoms with van der Waals surface area (Å²) in [6.07, 6.45) is 1.83. The molecule has 0 amide bonds. The summed E-state index contributed by atoms with van der Waals surface area (Å²) < 4.78 is 24.4. The van der Waals surface area contributed by atoms with Gasteiger partial charge in [-0.2, -0.15) is 0 Å². The Bertz CT molecular complexity index is 640. The first-order chi connectivity index (χ1) is 9.49. The molecule has 2 atom stereocenters. The molecule has 0 spiro atoms. The van der Waals surface area contributed by atoms with Crippen LogP contribution in [-0.4, -0.2) is 42.7 Å². The zero-order valence-electron chi connectivity index (χ0n) is 11.0. The topological polar surface area (TPSA) is 74.7 Å². The number of hydrogen-bond donors (Lipinski definition) is 1. The van der Waals surface area contributed by atoms with Crippen LogP contribution in [0.3, 0.4) is 0 Å². The maximum atomic E-state index is 12.2. The number of sulfone groups is 1. The summed E-state index contributed by atoms with van der Waals surface area (Å²) >= 11 is 0. The van der Waals surface area contributed by atoms with Crippen molar-refractivity contribution in [3.63, 3.8) is 0 Å². The number of nitrogens with zero attached hydrogens (tertiary/aromatic N) is 1. The van der Waals surface area contributed by atoms with Crippen LogP contribution in [0.15, 0.2) is 29.2 Å². The van der Waals surface area contributed by atoms with Gasteiger partial charge >= 0.3 is 5.97 Å². The van der Waals surface area contributed by atoms with Crippen LogP contribution in [0.5, 0.6) is 0 Å². The summed E-state index contributed by atoms with van der Waals surface area (Å²) in [5.41, 5.74) is 0.824. The molecule has 0 saturated carbocycles. The van der Waals surface area contributed by atoms with E-state index < -0.39 is 15.8 Å². The number of benzene rings is 1. The highest BCUT2D eigenvalue weighted by Gasteiger charge is 2.41. The maximum Gasteiger partial charge on any atom is 0.304 e. The molecule has 0 aliphatic carbocycles. The smallest absolute Gasteiger partial charge is 0.304 e. The third-order valence-corrected chi connectivity index (χ3v) is 6.02. The largest absolute Gasteiger partial charge is 0.481 e. The van der Waals surface area contributed by atoms with Crippen molar-refractivity contribution in [2.45, 2.75) is 36.2 Å². The van der Waals surface area contributed by atoms with Gasteiger partial charge in [-0.15, -0.1) is 0 Å². The average Bonchev–Trinajstić information content (AvgIpc) is 2.92. The summed E-state index contributed by atoms with van der Waals surface area (Å²) in [5.74, 6) is -0.751. The summed E-state index contributed by atoms with van der Waals surface area (Å²) in [7, 11) is -3.23. The molecule has 0 aromatic heterocycles. The van der Waals surface area contributed by atoms with E-state index >= 15 is 0 Å². The number of aliphatic carboxylic acids is 1. The van der Waals surface area contributed by atoms with E-state index in [1.165, 1.54) is 0 Å². The van der Waals surface area contributed by atoms with Gasteiger partial charge in [0, 0.05) is 6.04 Å². The second kappa shape index (κ2) is 4.86. The monoisotopic (exact) mass is 295 g/mol. The molecule has 2 aliphatic rings. The fourth-order valence-corrected chi connectivity index (χ4v) is 5.21. The fraction of sp³-hybridized carbons (Fsp3) is 0.500. The van der Waals surface area contributed by atoms with E-state index in [4.69, 9.17) is 5.11 Å². The van der Waals surface area contributed by atoms with Crippen molar-refractivity contribution >= 4 is 15.8 Å². The Morgan fingerprint density at radius 2 is 2.10 bits per heavy atom. The van der Waals surface area contributed by atoms with Crippen LogP contribution in [0.25, 0.3) is 0 Å². The van der Waals surface area contributed by atoms with Crippen LogP contribution in [0.1, 0.15) is 30.9 Å². The standard InChI is InChI=1S/C14H17NO4S/c16-14(17)8-10-4-3-7-15(10)12-9-20(18,19)13-6-2-1-5-11(12)13/h1-2,5-6,10,12H,3-4,7-9H2,(H,16,17). The molecule has 1 fully saturated rings. The summed E-state index contributed by atoms with van der Waals surface area (Å²) in [6, 6.07) is 6.82. The molecule has 0 radical (unpaired) electrons. The number of carboxylic acids is 1. The second-order valence-corrected chi connectivity index (χ2v) is 7.47. The Morgan fingerprint density at radius 1 is 1.35 bits per heavy atom. The van der Waals surface area contributed by atoms with Crippen LogP contribution in [0, 0.1) is 0 Å². The molecule has 1 aromatic rings. The number of rotatable bonds is 3. The first-order valence-electron chi connectivity index (χ1n) is 6.78. The van der Waals surface area contributed by atoms with E-state index in [0.29, 0.717) is 4.90 Å². The molecule has 2 aliphatic heterocycles. The molecule has 0 bridgehead atoms. The van der Waals surface area contributed by atoms with Gasteiger partial charge in [-0.25, -0.2) is 8.42 Å². The molecule has 1 saturated heterocycles. The number of fused-ring (bicyclic) bond motifs is 1. The van der Waals surface area contributed by atoms with Crippen molar-refractivity contribution in [2.75, 3.05) is 12.3 Å². The fourth-order valence-electron chi connectivity index (χ4n) is 3.39. The Labute approximate surface area is 118 Å². The van der Waals surface area contributed by atoms with Crippen LogP contribution >= 0.6 is 0 Å². The zero-order chi connectivity index (χ0) is 14.3. The van der Waals surface area contributed by atoms with Gasteiger partial charge in [0.05, 0.1) is 23.1 Å². The maximum absolute atomic E-state index is 12.2. The quantitative estimate of drug-likeness (QED) is 0.913. The SMILES string of the molecule is O=C(O)CC1CCCN1C1CS(=O)(=O)c2ccccc21. The highest BCUT2D eigenvalue weighted by molar-refractivity contribution is 7.91. The van der Waals surface area contributed by atoms with E-state index in [1.807, 2.05) is 12.1 Å². The van der Waals surface area contributed by atoms with Crippen molar-refractivity contribution in [1.29, 1.82) is 0 Å². The van der Waals surface area contributed by atoms with E-state index in [0.717, 1.165) is 24.9 Å². The van der Waals surface area contributed by atoms with Crippen molar-refractivity contribution in [2.24, 2.45) is 0 Å². The summed E-state index contributed by atoms with van der Waals surface area (Å²) in [5, 5.41) is 8.99. The van der Waals surface area contributed by atoms with Gasteiger partial charge in [-0.1, -0.05) is 18.2 Å². The van der Waals surface area contributed by atoms with E-state index in [2.05, 4.69) is 4.90 Å². The number of carboxylic acid groups (broad SMARTS) is 1. The van der Waals surface area contributed by atoms with Gasteiger partial charge in [0.1, 0.15) is 0 Å². The lowest BCUT2D eigenvalue weighted by molar-refractivity contribution is -0.138. The number of carbonyl (C=O) groups is 1. The van der Waals surface area contributed by atoms with Crippen molar-refractivity contribution in [3.05, 3.63) is 29.8 Å². The minimum absolute atomic E-state index is 0.0566. The first-order valence-corrected chi connectivity index (χ1v) is 8.43. The highest BCUT2D eigenvalue weighted by Crippen LogP contribution is 2.40. The summed E-state index contributed by atoms with van der Waals surface area (Å²) in [6.45, 7) is 0.770. The van der Waals surface area contributed by atoms with Crippen LogP contribution in [0.4, 0.5) is 0 Å². The molecule has 6 heteroatoms. The second-order valence-electron chi connectivity index (χ2n) is 5.47. The molecule has 1 N–H and O–H groups in total. The minimum atomic E-state index is -3.23. The third-order valence-electron chi connectivity index (χ3n) is 4.22. The minimum Gasteiger partial charge on any atom is -0.481 e. The molecule has 20 heavy (non-hydrogen) atoms. The molecule has 5 nitrogen and oxygen atoms in total. The van der Waals surface area contributed by atoms with E-state index in [1.54, 1.807) is 12.1 Å². The number of hydrogen-bond acceptors (Lipinski definition) is 4. The lowest BCUT2D eigenvalue weighted by atomic mass is 10.0. The van der Waals surface area contributed by atoms with E-state index in [9.17, 15) is 13.2 Å². The Kier molecular flexibility index (Phi) is 3.30. The average molecular weight is 295 g/mol. The van der Waals surface area contributed by atoms with Gasteiger partial charge in [0.25, 0.3) is 0 Å². The molecular formula is C14H17NO4S. The molecular weight excluding hydrogens is 278 g/mol. The van der Waals surface area contributed by atoms with Crippen LogP contribution in [-0.2, 0) is 14.6 Å². The predicted octanol–water partition coefficient (Wildman–Crippen LogP) is 1.45. The molecule has 108 valence electrons. The Balaban J connectivity index is 1.94. The predicted molar refractivity (Wildman–Crippen MR) is 73.2 cm³/mol. The molecule has 2 heterocycles. The van der Waals surface area contributed by atoms with Gasteiger partial charge in [-0.05, 0) is 31.0 Å². The summed E-state index contributed by atoms with van der Waals surface area (Å²) in [4.78, 5) is 13.4. The van der Waals surface area contributed by atoms with Crippen LogP contribution in [0.2, 0.25) is 0 Å². The molecule has 3 rings (SSSR count). The van der Waals surface area contributed by atoms with Crippen molar-refractivity contribution < 1.29 is 18.3 Å². The molecule has 1 aromatic carbocycles. The molecule has 2 unspecified atom stereocenters. The zero-order valence-corrected chi connectivity index (χ0v) is 11.8. The normalized spacial score (nSPS) is 28.4. The van der Waals surface area contributed by atoms with Crippen molar-refractivity contribution in [1.82, 2.24) is 4.90 Å². The Morgan fingerprint density at radius 3 is 2.85 bits per heavy atom. The first kappa shape index (κ1) is 13.6. The third kappa shape index (κ3) is 2.23. The number of likely N-dealkylation sites (tertiary alicyclic amines) is 1. The van der Waals surface area contributed by atoms with Crippen molar-refractivity contribution in [3.8, 4) is 0 Å². The van der Waals surface area contributed by atoms with E-state index in [-0.39, 0.29) is 24.3 Å².